The summed E-state index contributed by atoms with van der Waals surface area (Å²) in [4.78, 5) is 3.61. The van der Waals surface area contributed by atoms with Crippen LogP contribution in [0.5, 0.6) is 11.6 Å². The van der Waals surface area contributed by atoms with Crippen LogP contribution in [0.2, 0.25) is 5.02 Å². The molecule has 1 aromatic heterocycles. The van der Waals surface area contributed by atoms with Crippen molar-refractivity contribution in [3.8, 4) is 11.6 Å². The first-order valence-corrected chi connectivity index (χ1v) is 6.87. The predicted octanol–water partition coefficient (Wildman–Crippen LogP) is 4.77. The number of nitrogens with two attached hydrogens (primary N) is 1. The fraction of sp³-hybridized carbons (Fsp3) is 0.154. The Bertz CT molecular complexity index is 664. The van der Waals surface area contributed by atoms with Crippen molar-refractivity contribution in [2.45, 2.75) is 12.7 Å². The van der Waals surface area contributed by atoms with E-state index in [0.717, 1.165) is 10.5 Å². The maximum absolute atomic E-state index is 12.5. The van der Waals surface area contributed by atoms with Crippen LogP contribution in [-0.4, -0.2) is 4.98 Å². The molecule has 0 spiro atoms. The lowest BCUT2D eigenvalue weighted by atomic mass is 10.2. The fourth-order valence-corrected chi connectivity index (χ4v) is 2.18. The Morgan fingerprint density at radius 1 is 1.29 bits per heavy atom. The SMILES string of the molecule is NCc1cc(Br)ccc1Oc1ncc(C(F)(F)F)cc1Cl. The molecule has 1 aromatic carbocycles. The van der Waals surface area contributed by atoms with E-state index in [2.05, 4.69) is 20.9 Å². The van der Waals surface area contributed by atoms with Gasteiger partial charge in [0.05, 0.1) is 5.56 Å². The molecule has 2 rings (SSSR count). The molecule has 0 saturated heterocycles. The molecule has 2 N–H and O–H groups in total. The molecule has 1 heterocycles. The minimum Gasteiger partial charge on any atom is -0.437 e. The number of hydrogen-bond donors (Lipinski definition) is 1. The van der Waals surface area contributed by atoms with E-state index in [4.69, 9.17) is 22.1 Å². The van der Waals surface area contributed by atoms with Gasteiger partial charge in [-0.3, -0.25) is 0 Å². The molecule has 21 heavy (non-hydrogen) atoms. The van der Waals surface area contributed by atoms with Crippen LogP contribution in [0.15, 0.2) is 34.9 Å². The first-order valence-electron chi connectivity index (χ1n) is 5.70. The summed E-state index contributed by atoms with van der Waals surface area (Å²) in [6, 6.07) is 5.85. The van der Waals surface area contributed by atoms with Gasteiger partial charge >= 0.3 is 6.18 Å². The van der Waals surface area contributed by atoms with Crippen LogP contribution >= 0.6 is 27.5 Å². The molecule has 0 unspecified atom stereocenters. The van der Waals surface area contributed by atoms with Gasteiger partial charge in [0.2, 0.25) is 5.88 Å². The highest BCUT2D eigenvalue weighted by molar-refractivity contribution is 9.10. The second-order valence-corrected chi connectivity index (χ2v) is 5.39. The number of rotatable bonds is 3. The lowest BCUT2D eigenvalue weighted by Crippen LogP contribution is -2.06. The third-order valence-electron chi connectivity index (χ3n) is 2.58. The number of hydrogen-bond acceptors (Lipinski definition) is 3. The van der Waals surface area contributed by atoms with Crippen LogP contribution in [-0.2, 0) is 12.7 Å². The molecule has 0 saturated carbocycles. The second kappa shape index (κ2) is 6.21. The maximum Gasteiger partial charge on any atom is 0.417 e. The summed E-state index contributed by atoms with van der Waals surface area (Å²) in [5.74, 6) is 0.275. The Labute approximate surface area is 132 Å². The maximum atomic E-state index is 12.5. The Kier molecular flexibility index (Phi) is 4.75. The van der Waals surface area contributed by atoms with Gasteiger partial charge in [-0.2, -0.15) is 13.2 Å². The highest BCUT2D eigenvalue weighted by Gasteiger charge is 2.31. The van der Waals surface area contributed by atoms with Gasteiger partial charge < -0.3 is 10.5 Å². The van der Waals surface area contributed by atoms with Crippen molar-refractivity contribution in [1.82, 2.24) is 4.98 Å². The molecule has 0 radical (unpaired) electrons. The zero-order valence-electron chi connectivity index (χ0n) is 10.4. The Balaban J connectivity index is 2.32. The van der Waals surface area contributed by atoms with Gasteiger partial charge in [-0.1, -0.05) is 27.5 Å². The fourth-order valence-electron chi connectivity index (χ4n) is 1.57. The van der Waals surface area contributed by atoms with Crippen LogP contribution < -0.4 is 10.5 Å². The van der Waals surface area contributed by atoms with Crippen molar-refractivity contribution in [3.05, 3.63) is 51.1 Å². The standard InChI is InChI=1S/C13H9BrClF3N2O/c14-9-1-2-11(7(3-9)5-19)21-12-10(15)4-8(6-20-12)13(16,17)18/h1-4,6H,5,19H2. The van der Waals surface area contributed by atoms with Gasteiger partial charge in [0.1, 0.15) is 10.8 Å². The molecule has 3 nitrogen and oxygen atoms in total. The number of benzene rings is 1. The third-order valence-corrected chi connectivity index (χ3v) is 3.35. The van der Waals surface area contributed by atoms with E-state index in [-0.39, 0.29) is 17.4 Å². The highest BCUT2D eigenvalue weighted by atomic mass is 79.9. The van der Waals surface area contributed by atoms with Gasteiger partial charge in [-0.25, -0.2) is 4.98 Å². The molecule has 0 amide bonds. The first kappa shape index (κ1) is 16.1. The summed E-state index contributed by atoms with van der Waals surface area (Å²) >= 11 is 9.07. The average Bonchev–Trinajstić information content (AvgIpc) is 2.41. The number of nitrogens with zero attached hydrogens (tertiary/aromatic N) is 1. The zero-order valence-corrected chi connectivity index (χ0v) is 12.8. The van der Waals surface area contributed by atoms with Crippen LogP contribution in [0.1, 0.15) is 11.1 Å². The third kappa shape index (κ3) is 3.87. The van der Waals surface area contributed by atoms with Gasteiger partial charge in [0.15, 0.2) is 0 Å². The number of pyridine rings is 1. The van der Waals surface area contributed by atoms with E-state index in [0.29, 0.717) is 17.5 Å². The van der Waals surface area contributed by atoms with Crippen molar-refractivity contribution in [3.63, 3.8) is 0 Å². The van der Waals surface area contributed by atoms with Crippen LogP contribution in [0.25, 0.3) is 0 Å². The van der Waals surface area contributed by atoms with Gasteiger partial charge in [-0.15, -0.1) is 0 Å². The largest absolute Gasteiger partial charge is 0.437 e. The molecule has 0 aliphatic rings. The number of aromatic nitrogens is 1. The van der Waals surface area contributed by atoms with Gasteiger partial charge in [-0.05, 0) is 24.3 Å². The van der Waals surface area contributed by atoms with Crippen molar-refractivity contribution in [1.29, 1.82) is 0 Å². The quantitative estimate of drug-likeness (QED) is 0.833. The van der Waals surface area contributed by atoms with Gasteiger partial charge in [0, 0.05) is 22.8 Å². The minimum atomic E-state index is -4.50. The van der Waals surface area contributed by atoms with Crippen LogP contribution in [0, 0.1) is 0 Å². The Hall–Kier alpha value is -1.31. The number of halogens is 5. The monoisotopic (exact) mass is 380 g/mol. The highest BCUT2D eigenvalue weighted by Crippen LogP contribution is 2.35. The topological polar surface area (TPSA) is 48.1 Å². The number of alkyl halides is 3. The zero-order chi connectivity index (χ0) is 15.6. The summed E-state index contributed by atoms with van der Waals surface area (Å²) < 4.78 is 43.8. The molecule has 0 bridgehead atoms. The molecule has 0 fully saturated rings. The summed E-state index contributed by atoms with van der Waals surface area (Å²) in [7, 11) is 0. The molecule has 112 valence electrons. The molecule has 0 atom stereocenters. The smallest absolute Gasteiger partial charge is 0.417 e. The first-order chi connectivity index (χ1) is 9.81. The molecule has 2 aromatic rings. The molecular formula is C13H9BrClF3N2O. The van der Waals surface area contributed by atoms with E-state index in [9.17, 15) is 13.2 Å². The van der Waals surface area contributed by atoms with Crippen LogP contribution in [0.3, 0.4) is 0 Å². The molecule has 0 aliphatic heterocycles. The molecule has 8 heteroatoms. The summed E-state index contributed by atoms with van der Waals surface area (Å²) in [5.41, 5.74) is 5.32. The van der Waals surface area contributed by atoms with E-state index in [1.165, 1.54) is 0 Å². The summed E-state index contributed by atoms with van der Waals surface area (Å²) in [6.45, 7) is 0.201. The number of ether oxygens (including phenoxy) is 1. The minimum absolute atomic E-state index is 0.110. The summed E-state index contributed by atoms with van der Waals surface area (Å²) in [6.07, 6.45) is -3.84. The average molecular weight is 382 g/mol. The van der Waals surface area contributed by atoms with Crippen molar-refractivity contribution in [2.75, 3.05) is 0 Å². The predicted molar refractivity (Wildman–Crippen MR) is 76.4 cm³/mol. The van der Waals surface area contributed by atoms with E-state index < -0.39 is 11.7 Å². The Morgan fingerprint density at radius 2 is 2.00 bits per heavy atom. The lowest BCUT2D eigenvalue weighted by molar-refractivity contribution is -0.137. The van der Waals surface area contributed by atoms with E-state index >= 15 is 0 Å². The molecular weight excluding hydrogens is 373 g/mol. The second-order valence-electron chi connectivity index (χ2n) is 4.07. The normalized spacial score (nSPS) is 11.5. The van der Waals surface area contributed by atoms with Crippen molar-refractivity contribution in [2.24, 2.45) is 5.73 Å². The summed E-state index contributed by atoms with van der Waals surface area (Å²) in [5, 5.41) is -0.226. The van der Waals surface area contributed by atoms with Crippen LogP contribution in [0.4, 0.5) is 13.2 Å². The Morgan fingerprint density at radius 3 is 2.57 bits per heavy atom. The van der Waals surface area contributed by atoms with Crippen molar-refractivity contribution >= 4 is 27.5 Å². The van der Waals surface area contributed by atoms with Gasteiger partial charge in [0.25, 0.3) is 0 Å². The molecule has 0 aliphatic carbocycles. The van der Waals surface area contributed by atoms with Crippen molar-refractivity contribution < 1.29 is 17.9 Å². The van der Waals surface area contributed by atoms with E-state index in [1.54, 1.807) is 18.2 Å². The van der Waals surface area contributed by atoms with E-state index in [1.807, 2.05) is 0 Å². The lowest BCUT2D eigenvalue weighted by Gasteiger charge is -2.12.